The van der Waals surface area contributed by atoms with Gasteiger partial charge in [0, 0.05) is 33.8 Å². The first-order chi connectivity index (χ1) is 23.6. The predicted octanol–water partition coefficient (Wildman–Crippen LogP) is 8.58. The summed E-state index contributed by atoms with van der Waals surface area (Å²) in [5.41, 5.74) is 1.77. The van der Waals surface area contributed by atoms with Crippen molar-refractivity contribution in [1.82, 2.24) is 5.32 Å². The van der Waals surface area contributed by atoms with Gasteiger partial charge in [-0.3, -0.25) is 24.5 Å². The summed E-state index contributed by atoms with van der Waals surface area (Å²) in [6.07, 6.45) is 1.16. The van der Waals surface area contributed by atoms with Crippen LogP contribution in [0, 0.1) is 22.9 Å². The van der Waals surface area contributed by atoms with Gasteiger partial charge in [0.05, 0.1) is 15.6 Å². The molecule has 9 nitrogen and oxygen atoms in total. The molecule has 3 amide bonds. The number of non-ortho nitro benzene ring substituents is 1. The lowest BCUT2D eigenvalue weighted by Crippen LogP contribution is -2.30. The van der Waals surface area contributed by atoms with Crippen LogP contribution in [0.4, 0.5) is 21.5 Å². The molecule has 0 radical (unpaired) electrons. The van der Waals surface area contributed by atoms with Crippen LogP contribution in [0.15, 0.2) is 132 Å². The summed E-state index contributed by atoms with van der Waals surface area (Å²) < 4.78 is 14.7. The molecule has 0 bridgehead atoms. The summed E-state index contributed by atoms with van der Waals surface area (Å²) >= 11 is 7.43. The number of hydrogen-bond donors (Lipinski definition) is 3. The molecule has 0 aliphatic heterocycles. The van der Waals surface area contributed by atoms with Gasteiger partial charge in [0.1, 0.15) is 16.8 Å². The maximum atomic E-state index is 14.7. The number of thioether (sulfide) groups is 1. The lowest BCUT2D eigenvalue weighted by Gasteiger charge is -2.18. The summed E-state index contributed by atoms with van der Waals surface area (Å²) in [5, 5.41) is 18.7. The molecule has 0 heterocycles. The lowest BCUT2D eigenvalue weighted by atomic mass is 10.1. The molecule has 1 atom stereocenters. The zero-order chi connectivity index (χ0) is 34.9. The third kappa shape index (κ3) is 8.98. The van der Waals surface area contributed by atoms with Crippen LogP contribution < -0.4 is 16.0 Å². The van der Waals surface area contributed by atoms with Crippen molar-refractivity contribution >= 4 is 64.2 Å². The van der Waals surface area contributed by atoms with Crippen LogP contribution >= 0.6 is 23.4 Å². The molecular weight excluding hydrogens is 667 g/mol. The Hall–Kier alpha value is -5.78. The second-order valence-corrected chi connectivity index (χ2v) is 12.2. The van der Waals surface area contributed by atoms with E-state index in [1.165, 1.54) is 42.1 Å². The quantitative estimate of drug-likeness (QED) is 0.0550. The van der Waals surface area contributed by atoms with Gasteiger partial charge >= 0.3 is 0 Å². The van der Waals surface area contributed by atoms with Gasteiger partial charge in [-0.15, -0.1) is 11.8 Å². The van der Waals surface area contributed by atoms with Crippen LogP contribution in [0.5, 0.6) is 0 Å². The van der Waals surface area contributed by atoms with Gasteiger partial charge in [-0.05, 0) is 66.6 Å². The predicted molar refractivity (Wildman–Crippen MR) is 190 cm³/mol. The minimum Gasteiger partial charge on any atom is -0.324 e. The van der Waals surface area contributed by atoms with E-state index in [0.717, 1.165) is 6.08 Å². The monoisotopic (exact) mass is 694 g/mol. The van der Waals surface area contributed by atoms with Gasteiger partial charge in [0.2, 0.25) is 5.91 Å². The van der Waals surface area contributed by atoms with Crippen LogP contribution in [0.3, 0.4) is 0 Å². The third-order valence-electron chi connectivity index (χ3n) is 7.19. The fourth-order valence-corrected chi connectivity index (χ4v) is 5.98. The number of carbonyl (C=O) groups excluding carboxylic acids is 3. The molecule has 49 heavy (non-hydrogen) atoms. The average molecular weight is 695 g/mol. The second kappa shape index (κ2) is 15.9. The van der Waals surface area contributed by atoms with E-state index in [0.29, 0.717) is 27.4 Å². The molecule has 246 valence electrons. The number of anilines is 2. The fourth-order valence-electron chi connectivity index (χ4n) is 4.67. The maximum Gasteiger partial charge on any atom is 0.272 e. The normalized spacial score (nSPS) is 11.7. The van der Waals surface area contributed by atoms with Gasteiger partial charge in [0.15, 0.2) is 0 Å². The highest BCUT2D eigenvalue weighted by Crippen LogP contribution is 2.38. The van der Waals surface area contributed by atoms with Crippen molar-refractivity contribution in [3.63, 3.8) is 0 Å². The van der Waals surface area contributed by atoms with Crippen molar-refractivity contribution in [2.24, 2.45) is 0 Å². The van der Waals surface area contributed by atoms with E-state index in [1.54, 1.807) is 91.9 Å². The molecule has 0 fully saturated rings. The zero-order valence-corrected chi connectivity index (χ0v) is 27.4. The molecule has 0 spiro atoms. The number of hydrogen-bond acceptors (Lipinski definition) is 6. The number of benzene rings is 5. The molecular formula is C37H28ClFN4O5S. The number of rotatable bonds is 11. The van der Waals surface area contributed by atoms with Crippen molar-refractivity contribution in [1.29, 1.82) is 0 Å². The second-order valence-electron chi connectivity index (χ2n) is 10.6. The molecule has 0 saturated carbocycles. The Morgan fingerprint density at radius 1 is 0.857 bits per heavy atom. The Balaban J connectivity index is 1.41. The topological polar surface area (TPSA) is 130 Å². The highest BCUT2D eigenvalue weighted by Gasteiger charge is 2.24. The Bertz CT molecular complexity index is 2040. The SMILES string of the molecule is Cc1ccc([N+](=O)[O-])cc1NC(=O)C(Sc1cccc(NC(=O)/C(=C\c2c(F)cccc2Cl)NC(=O)c2ccccc2)c1)c1ccccc1. The number of nitrogens with one attached hydrogen (secondary N) is 3. The Kier molecular flexibility index (Phi) is 11.2. The highest BCUT2D eigenvalue weighted by atomic mass is 35.5. The number of nitro benzene ring substituents is 1. The van der Waals surface area contributed by atoms with Crippen molar-refractivity contribution < 1.29 is 23.7 Å². The summed E-state index contributed by atoms with van der Waals surface area (Å²) in [5.74, 6) is -2.43. The van der Waals surface area contributed by atoms with E-state index in [4.69, 9.17) is 11.6 Å². The minimum absolute atomic E-state index is 0.0446. The van der Waals surface area contributed by atoms with E-state index in [9.17, 15) is 28.9 Å². The van der Waals surface area contributed by atoms with E-state index in [1.807, 2.05) is 6.07 Å². The van der Waals surface area contributed by atoms with Crippen LogP contribution in [-0.2, 0) is 9.59 Å². The smallest absolute Gasteiger partial charge is 0.272 e. The maximum absolute atomic E-state index is 14.7. The average Bonchev–Trinajstić information content (AvgIpc) is 3.10. The molecule has 3 N–H and O–H groups in total. The van der Waals surface area contributed by atoms with E-state index in [-0.39, 0.29) is 27.5 Å². The van der Waals surface area contributed by atoms with Crippen LogP contribution in [0.2, 0.25) is 5.02 Å². The van der Waals surface area contributed by atoms with Crippen molar-refractivity contribution in [2.75, 3.05) is 10.6 Å². The first-order valence-electron chi connectivity index (χ1n) is 14.8. The van der Waals surface area contributed by atoms with Gasteiger partial charge < -0.3 is 16.0 Å². The van der Waals surface area contributed by atoms with Gasteiger partial charge in [-0.2, -0.15) is 0 Å². The van der Waals surface area contributed by atoms with Crippen molar-refractivity contribution in [3.05, 3.63) is 170 Å². The minimum atomic E-state index is -0.783. The molecule has 0 aromatic heterocycles. The number of aryl methyl sites for hydroxylation is 1. The zero-order valence-electron chi connectivity index (χ0n) is 25.9. The Labute approximate surface area is 290 Å². The molecule has 0 aliphatic carbocycles. The molecule has 5 rings (SSSR count). The highest BCUT2D eigenvalue weighted by molar-refractivity contribution is 8.00. The van der Waals surface area contributed by atoms with Crippen LogP contribution in [0.25, 0.3) is 6.08 Å². The summed E-state index contributed by atoms with van der Waals surface area (Å²) in [6.45, 7) is 1.74. The number of nitro groups is 1. The largest absolute Gasteiger partial charge is 0.324 e. The Morgan fingerprint density at radius 2 is 1.55 bits per heavy atom. The van der Waals surface area contributed by atoms with E-state index >= 15 is 0 Å². The number of halogens is 2. The fraction of sp³-hybridized carbons (Fsp3) is 0.0541. The standard InChI is InChI=1S/C37H28ClFN4O5S/c1-23-18-19-27(43(47)48)21-32(23)41-37(46)34(24-10-4-2-5-11-24)49-28-15-8-14-26(20-28)40-36(45)33(22-29-30(38)16-9-17-31(29)39)42-35(44)25-12-6-3-7-13-25/h2-22,34H,1H3,(H,40,45)(H,41,46)(H,42,44)/b33-22+. The first kappa shape index (κ1) is 34.6. The van der Waals surface area contributed by atoms with E-state index < -0.39 is 33.7 Å². The summed E-state index contributed by atoms with van der Waals surface area (Å²) in [7, 11) is 0. The molecule has 12 heteroatoms. The van der Waals surface area contributed by atoms with Crippen molar-refractivity contribution in [3.8, 4) is 0 Å². The molecule has 0 aliphatic rings. The summed E-state index contributed by atoms with van der Waals surface area (Å²) in [4.78, 5) is 51.7. The third-order valence-corrected chi connectivity index (χ3v) is 8.77. The Morgan fingerprint density at radius 3 is 2.24 bits per heavy atom. The van der Waals surface area contributed by atoms with E-state index in [2.05, 4.69) is 16.0 Å². The van der Waals surface area contributed by atoms with Crippen LogP contribution in [0.1, 0.15) is 32.3 Å². The van der Waals surface area contributed by atoms with Gasteiger partial charge in [-0.25, -0.2) is 4.39 Å². The molecule has 5 aromatic carbocycles. The molecule has 0 saturated heterocycles. The number of nitrogens with zero attached hydrogens (tertiary/aromatic N) is 1. The van der Waals surface area contributed by atoms with Crippen molar-refractivity contribution in [2.45, 2.75) is 17.1 Å². The lowest BCUT2D eigenvalue weighted by molar-refractivity contribution is -0.384. The molecule has 1 unspecified atom stereocenters. The number of amides is 3. The molecule has 5 aromatic rings. The van der Waals surface area contributed by atoms with Crippen LogP contribution in [-0.4, -0.2) is 22.6 Å². The summed E-state index contributed by atoms with van der Waals surface area (Å²) in [6, 6.07) is 32.3. The first-order valence-corrected chi connectivity index (χ1v) is 16.1. The van der Waals surface area contributed by atoms with Gasteiger partial charge in [-0.1, -0.05) is 78.3 Å². The van der Waals surface area contributed by atoms with Gasteiger partial charge in [0.25, 0.3) is 17.5 Å². The number of carbonyl (C=O) groups is 3.